The predicted octanol–water partition coefficient (Wildman–Crippen LogP) is 0.594. The molecule has 4 nitrogen and oxygen atoms in total. The topological polar surface area (TPSA) is 69.6 Å². The Balaban J connectivity index is 2.43. The first kappa shape index (κ1) is 11.6. The first-order valence-electron chi connectivity index (χ1n) is 3.96. The van der Waals surface area contributed by atoms with Gasteiger partial charge in [0.2, 0.25) is 0 Å². The number of carbonyl (C=O) groups excluding carboxylic acids is 1. The minimum atomic E-state index is -0.901. The van der Waals surface area contributed by atoms with Gasteiger partial charge in [-0.3, -0.25) is 4.79 Å². The van der Waals surface area contributed by atoms with E-state index in [4.69, 9.17) is 10.2 Å². The monoisotopic (exact) mass is 279 g/mol. The van der Waals surface area contributed by atoms with Gasteiger partial charge in [-0.25, -0.2) is 0 Å². The molecule has 0 aliphatic carbocycles. The highest BCUT2D eigenvalue weighted by molar-refractivity contribution is 9.11. The molecule has 1 unspecified atom stereocenters. The largest absolute Gasteiger partial charge is 0.394 e. The molecule has 1 aromatic heterocycles. The van der Waals surface area contributed by atoms with Crippen molar-refractivity contribution in [2.75, 3.05) is 13.2 Å². The summed E-state index contributed by atoms with van der Waals surface area (Å²) in [6.45, 7) is -0.292. The van der Waals surface area contributed by atoms with Crippen LogP contribution in [0.2, 0.25) is 0 Å². The maximum absolute atomic E-state index is 11.4. The number of hydrogen-bond acceptors (Lipinski definition) is 4. The average Bonchev–Trinajstić information content (AvgIpc) is 2.60. The molecule has 14 heavy (non-hydrogen) atoms. The van der Waals surface area contributed by atoms with E-state index in [1.54, 1.807) is 12.1 Å². The molecule has 0 bridgehead atoms. The molecule has 0 fully saturated rings. The van der Waals surface area contributed by atoms with Crippen LogP contribution in [-0.2, 0) is 0 Å². The number of amides is 1. The Morgan fingerprint density at radius 2 is 2.36 bits per heavy atom. The first-order valence-corrected chi connectivity index (χ1v) is 5.57. The van der Waals surface area contributed by atoms with Crippen molar-refractivity contribution >= 4 is 33.2 Å². The number of aliphatic hydroxyl groups excluding tert-OH is 2. The van der Waals surface area contributed by atoms with Crippen molar-refractivity contribution < 1.29 is 15.0 Å². The van der Waals surface area contributed by atoms with Gasteiger partial charge in [0, 0.05) is 6.54 Å². The van der Waals surface area contributed by atoms with E-state index in [-0.39, 0.29) is 19.1 Å². The van der Waals surface area contributed by atoms with Gasteiger partial charge in [0.1, 0.15) is 0 Å². The van der Waals surface area contributed by atoms with Crippen LogP contribution in [0.5, 0.6) is 0 Å². The van der Waals surface area contributed by atoms with Gasteiger partial charge < -0.3 is 15.5 Å². The van der Waals surface area contributed by atoms with Crippen molar-refractivity contribution in [1.29, 1.82) is 0 Å². The molecule has 1 aromatic rings. The minimum absolute atomic E-state index is 0.0604. The molecule has 0 radical (unpaired) electrons. The van der Waals surface area contributed by atoms with Crippen LogP contribution >= 0.6 is 27.3 Å². The molecule has 1 rings (SSSR count). The summed E-state index contributed by atoms with van der Waals surface area (Å²) in [6.07, 6.45) is -0.901. The van der Waals surface area contributed by atoms with Crippen molar-refractivity contribution in [2.24, 2.45) is 0 Å². The Kier molecular flexibility index (Phi) is 4.53. The van der Waals surface area contributed by atoms with Gasteiger partial charge in [0.15, 0.2) is 0 Å². The third-order valence-electron chi connectivity index (χ3n) is 1.51. The lowest BCUT2D eigenvalue weighted by atomic mass is 10.3. The van der Waals surface area contributed by atoms with E-state index in [0.29, 0.717) is 4.88 Å². The molecular weight excluding hydrogens is 270 g/mol. The molecule has 1 amide bonds. The van der Waals surface area contributed by atoms with Crippen molar-refractivity contribution in [3.8, 4) is 0 Å². The quantitative estimate of drug-likeness (QED) is 0.756. The van der Waals surface area contributed by atoms with Crippen molar-refractivity contribution in [2.45, 2.75) is 6.10 Å². The normalized spacial score (nSPS) is 12.5. The van der Waals surface area contributed by atoms with Gasteiger partial charge in [-0.2, -0.15) is 0 Å². The Hall–Kier alpha value is -0.430. The highest BCUT2D eigenvalue weighted by Crippen LogP contribution is 2.21. The van der Waals surface area contributed by atoms with E-state index >= 15 is 0 Å². The van der Waals surface area contributed by atoms with Crippen LogP contribution in [0.25, 0.3) is 0 Å². The van der Waals surface area contributed by atoms with Gasteiger partial charge in [-0.15, -0.1) is 11.3 Å². The number of thiophene rings is 1. The molecule has 3 N–H and O–H groups in total. The number of aliphatic hydroxyl groups is 2. The van der Waals surface area contributed by atoms with E-state index in [1.165, 1.54) is 11.3 Å². The van der Waals surface area contributed by atoms with Crippen LogP contribution in [0.4, 0.5) is 0 Å². The molecule has 0 spiro atoms. The second kappa shape index (κ2) is 5.45. The maximum atomic E-state index is 11.4. The SMILES string of the molecule is O=C(NCC(O)CO)c1ccc(Br)s1. The van der Waals surface area contributed by atoms with Gasteiger partial charge in [0.25, 0.3) is 5.91 Å². The van der Waals surface area contributed by atoms with Crippen molar-refractivity contribution in [1.82, 2.24) is 5.32 Å². The predicted molar refractivity (Wildman–Crippen MR) is 57.4 cm³/mol. The standard InChI is InChI=1S/C8H10BrNO3S/c9-7-2-1-6(14-7)8(13)10-3-5(12)4-11/h1-2,5,11-12H,3-4H2,(H,10,13). The summed E-state index contributed by atoms with van der Waals surface area (Å²) in [7, 11) is 0. The van der Waals surface area contributed by atoms with E-state index in [9.17, 15) is 4.79 Å². The first-order chi connectivity index (χ1) is 6.63. The molecule has 0 aromatic carbocycles. The molecule has 0 saturated carbocycles. The molecule has 78 valence electrons. The summed E-state index contributed by atoms with van der Waals surface area (Å²) in [6, 6.07) is 3.47. The molecule has 0 saturated heterocycles. The molecular formula is C8H10BrNO3S. The van der Waals surface area contributed by atoms with Crippen molar-refractivity contribution in [3.05, 3.63) is 20.8 Å². The van der Waals surface area contributed by atoms with Crippen LogP contribution in [-0.4, -0.2) is 35.4 Å². The zero-order valence-electron chi connectivity index (χ0n) is 7.24. The van der Waals surface area contributed by atoms with E-state index in [1.807, 2.05) is 0 Å². The van der Waals surface area contributed by atoms with Crippen molar-refractivity contribution in [3.63, 3.8) is 0 Å². The van der Waals surface area contributed by atoms with Gasteiger partial charge >= 0.3 is 0 Å². The van der Waals surface area contributed by atoms with Crippen LogP contribution in [0.1, 0.15) is 9.67 Å². The van der Waals surface area contributed by atoms with Crippen LogP contribution in [0.3, 0.4) is 0 Å². The van der Waals surface area contributed by atoms with Crippen LogP contribution in [0.15, 0.2) is 15.9 Å². The van der Waals surface area contributed by atoms with E-state index in [2.05, 4.69) is 21.2 Å². The smallest absolute Gasteiger partial charge is 0.261 e. The second-order valence-corrected chi connectivity index (χ2v) is 5.11. The highest BCUT2D eigenvalue weighted by atomic mass is 79.9. The second-order valence-electron chi connectivity index (χ2n) is 2.65. The molecule has 1 heterocycles. The molecule has 0 aliphatic heterocycles. The Morgan fingerprint density at radius 3 is 2.86 bits per heavy atom. The Morgan fingerprint density at radius 1 is 1.64 bits per heavy atom. The van der Waals surface area contributed by atoms with Crippen LogP contribution in [0, 0.1) is 0 Å². The summed E-state index contributed by atoms with van der Waals surface area (Å²) in [5.41, 5.74) is 0. The van der Waals surface area contributed by atoms with Gasteiger partial charge in [0.05, 0.1) is 21.4 Å². The number of nitrogens with one attached hydrogen (secondary N) is 1. The lowest BCUT2D eigenvalue weighted by Crippen LogP contribution is -2.33. The lowest BCUT2D eigenvalue weighted by molar-refractivity contribution is 0.0804. The number of hydrogen-bond donors (Lipinski definition) is 3. The summed E-state index contributed by atoms with van der Waals surface area (Å²) in [5, 5.41) is 20.0. The minimum Gasteiger partial charge on any atom is -0.394 e. The van der Waals surface area contributed by atoms with Gasteiger partial charge in [-0.05, 0) is 28.1 Å². The summed E-state index contributed by atoms with van der Waals surface area (Å²) in [4.78, 5) is 11.9. The maximum Gasteiger partial charge on any atom is 0.261 e. The third-order valence-corrected chi connectivity index (χ3v) is 3.13. The zero-order valence-corrected chi connectivity index (χ0v) is 9.64. The summed E-state index contributed by atoms with van der Waals surface area (Å²) in [5.74, 6) is -0.242. The van der Waals surface area contributed by atoms with E-state index < -0.39 is 6.10 Å². The highest BCUT2D eigenvalue weighted by Gasteiger charge is 2.09. The number of rotatable bonds is 4. The third kappa shape index (κ3) is 3.38. The Bertz CT molecular complexity index is 315. The fourth-order valence-corrected chi connectivity index (χ4v) is 2.10. The Labute approximate surface area is 93.7 Å². The van der Waals surface area contributed by atoms with Gasteiger partial charge in [-0.1, -0.05) is 0 Å². The summed E-state index contributed by atoms with van der Waals surface area (Å²) < 4.78 is 0.880. The van der Waals surface area contributed by atoms with E-state index in [0.717, 1.165) is 3.79 Å². The lowest BCUT2D eigenvalue weighted by Gasteiger charge is -2.07. The summed E-state index contributed by atoms with van der Waals surface area (Å²) >= 11 is 4.56. The number of halogens is 1. The number of carbonyl (C=O) groups is 1. The molecule has 6 heteroatoms. The fourth-order valence-electron chi connectivity index (χ4n) is 0.799. The molecule has 0 aliphatic rings. The fraction of sp³-hybridized carbons (Fsp3) is 0.375. The van der Waals surface area contributed by atoms with Crippen LogP contribution < -0.4 is 5.32 Å². The zero-order chi connectivity index (χ0) is 10.6. The average molecular weight is 280 g/mol. The molecule has 1 atom stereocenters.